The summed E-state index contributed by atoms with van der Waals surface area (Å²) in [6.07, 6.45) is 0. The Balaban J connectivity index is 2.69. The maximum absolute atomic E-state index is 5.80. The van der Waals surface area contributed by atoms with Crippen LogP contribution in [-0.2, 0) is 10.6 Å². The summed E-state index contributed by atoms with van der Waals surface area (Å²) in [7, 11) is 1.62. The van der Waals surface area contributed by atoms with Gasteiger partial charge in [0.05, 0.1) is 13.0 Å². The molecule has 0 bridgehead atoms. The summed E-state index contributed by atoms with van der Waals surface area (Å²) in [5.74, 6) is 1.90. The Kier molecular flexibility index (Phi) is 5.29. The molecule has 0 radical (unpaired) electrons. The first-order valence-corrected chi connectivity index (χ1v) is 5.28. The van der Waals surface area contributed by atoms with Crippen molar-refractivity contribution in [3.05, 3.63) is 23.8 Å². The lowest BCUT2D eigenvalue weighted by Gasteiger charge is -2.10. The number of ether oxygens (including phenoxy) is 3. The van der Waals surface area contributed by atoms with Gasteiger partial charge in [-0.3, -0.25) is 0 Å². The van der Waals surface area contributed by atoms with Crippen molar-refractivity contribution in [3.8, 4) is 11.5 Å². The van der Waals surface area contributed by atoms with Crippen molar-refractivity contribution < 1.29 is 14.2 Å². The second-order valence-electron chi connectivity index (χ2n) is 2.86. The summed E-state index contributed by atoms with van der Waals surface area (Å²) in [6.45, 7) is 2.79. The van der Waals surface area contributed by atoms with Gasteiger partial charge in [0.25, 0.3) is 0 Å². The maximum atomic E-state index is 5.80. The number of hydrogen-bond donors (Lipinski definition) is 0. The second-order valence-corrected chi connectivity index (χ2v) is 3.13. The Bertz CT molecular complexity index is 302. The van der Waals surface area contributed by atoms with Crippen molar-refractivity contribution in [3.63, 3.8) is 0 Å². The molecule has 84 valence electrons. The third-order valence-electron chi connectivity index (χ3n) is 1.91. The fraction of sp³-hybridized carbons (Fsp3) is 0.455. The third kappa shape index (κ3) is 3.61. The number of hydrogen-bond acceptors (Lipinski definition) is 3. The van der Waals surface area contributed by atoms with Gasteiger partial charge in [-0.05, 0) is 25.1 Å². The van der Waals surface area contributed by atoms with Crippen LogP contribution in [0, 0.1) is 0 Å². The molecule has 0 unspecified atom stereocenters. The smallest absolute Gasteiger partial charge is 0.189 e. The van der Waals surface area contributed by atoms with Crippen molar-refractivity contribution in [2.45, 2.75) is 12.8 Å². The van der Waals surface area contributed by atoms with Gasteiger partial charge in [-0.25, -0.2) is 0 Å². The van der Waals surface area contributed by atoms with Crippen molar-refractivity contribution in [1.82, 2.24) is 0 Å². The largest absolute Gasteiger partial charge is 0.497 e. The summed E-state index contributed by atoms with van der Waals surface area (Å²) in [4.78, 5) is 0. The number of halogens is 1. The molecular formula is C11H15ClO3. The minimum Gasteiger partial charge on any atom is -0.497 e. The molecule has 1 aromatic rings. The molecule has 0 heterocycles. The molecule has 4 heteroatoms. The fourth-order valence-corrected chi connectivity index (χ4v) is 1.33. The minimum absolute atomic E-state index is 0.243. The average molecular weight is 231 g/mol. The SMILES string of the molecule is CCOCOc1ccc(OC)cc1CCl. The van der Waals surface area contributed by atoms with Gasteiger partial charge < -0.3 is 14.2 Å². The lowest BCUT2D eigenvalue weighted by atomic mass is 10.2. The number of methoxy groups -OCH3 is 1. The van der Waals surface area contributed by atoms with Gasteiger partial charge in [-0.2, -0.15) is 0 Å². The van der Waals surface area contributed by atoms with Crippen LogP contribution in [0.25, 0.3) is 0 Å². The summed E-state index contributed by atoms with van der Waals surface area (Å²) < 4.78 is 15.6. The molecule has 3 nitrogen and oxygen atoms in total. The van der Waals surface area contributed by atoms with E-state index in [0.717, 1.165) is 17.1 Å². The molecule has 0 saturated carbocycles. The highest BCUT2D eigenvalue weighted by molar-refractivity contribution is 6.17. The van der Waals surface area contributed by atoms with Crippen LogP contribution in [0.4, 0.5) is 0 Å². The van der Waals surface area contributed by atoms with E-state index >= 15 is 0 Å². The molecule has 1 rings (SSSR count). The number of rotatable bonds is 6. The zero-order chi connectivity index (χ0) is 11.1. The topological polar surface area (TPSA) is 27.7 Å². The van der Waals surface area contributed by atoms with Gasteiger partial charge in [0, 0.05) is 12.2 Å². The first-order chi connectivity index (χ1) is 7.31. The Morgan fingerprint density at radius 2 is 2.13 bits per heavy atom. The van der Waals surface area contributed by atoms with Crippen LogP contribution in [0.2, 0.25) is 0 Å². The minimum atomic E-state index is 0.243. The maximum Gasteiger partial charge on any atom is 0.189 e. The zero-order valence-electron chi connectivity index (χ0n) is 8.96. The van der Waals surface area contributed by atoms with Crippen LogP contribution in [-0.4, -0.2) is 20.5 Å². The zero-order valence-corrected chi connectivity index (χ0v) is 9.71. The number of alkyl halides is 1. The van der Waals surface area contributed by atoms with Gasteiger partial charge in [0.15, 0.2) is 6.79 Å². The molecule has 0 aliphatic carbocycles. The molecule has 0 N–H and O–H groups in total. The van der Waals surface area contributed by atoms with E-state index in [4.69, 9.17) is 25.8 Å². The van der Waals surface area contributed by atoms with Crippen LogP contribution in [0.3, 0.4) is 0 Å². The first kappa shape index (κ1) is 12.1. The highest BCUT2D eigenvalue weighted by Gasteiger charge is 2.04. The molecule has 0 aliphatic heterocycles. The van der Waals surface area contributed by atoms with E-state index in [2.05, 4.69) is 0 Å². The normalized spacial score (nSPS) is 10.1. The summed E-state index contributed by atoms with van der Waals surface area (Å²) >= 11 is 5.80. The third-order valence-corrected chi connectivity index (χ3v) is 2.20. The van der Waals surface area contributed by atoms with Crippen LogP contribution < -0.4 is 9.47 Å². The quantitative estimate of drug-likeness (QED) is 0.427. The summed E-state index contributed by atoms with van der Waals surface area (Å²) in [5, 5.41) is 0. The van der Waals surface area contributed by atoms with Crippen molar-refractivity contribution in [2.75, 3.05) is 20.5 Å². The van der Waals surface area contributed by atoms with Crippen LogP contribution in [0.15, 0.2) is 18.2 Å². The van der Waals surface area contributed by atoms with Crippen molar-refractivity contribution >= 4 is 11.6 Å². The average Bonchev–Trinajstić information content (AvgIpc) is 2.29. The summed E-state index contributed by atoms with van der Waals surface area (Å²) in [5.41, 5.74) is 0.899. The van der Waals surface area contributed by atoms with E-state index < -0.39 is 0 Å². The molecule has 0 aromatic heterocycles. The van der Waals surface area contributed by atoms with Crippen LogP contribution in [0.1, 0.15) is 12.5 Å². The fourth-order valence-electron chi connectivity index (χ4n) is 1.12. The second kappa shape index (κ2) is 6.53. The predicted octanol–water partition coefficient (Wildman–Crippen LogP) is 2.81. The molecule has 15 heavy (non-hydrogen) atoms. The van der Waals surface area contributed by atoms with Crippen LogP contribution >= 0.6 is 11.6 Å². The van der Waals surface area contributed by atoms with E-state index in [1.807, 2.05) is 25.1 Å². The monoisotopic (exact) mass is 230 g/mol. The highest BCUT2D eigenvalue weighted by atomic mass is 35.5. The van der Waals surface area contributed by atoms with Gasteiger partial charge in [-0.15, -0.1) is 11.6 Å². The van der Waals surface area contributed by atoms with Crippen LogP contribution in [0.5, 0.6) is 11.5 Å². The Labute approximate surface area is 94.9 Å². The molecular weight excluding hydrogens is 216 g/mol. The standard InChI is InChI=1S/C11H15ClO3/c1-3-14-8-15-11-5-4-10(13-2)6-9(11)7-12/h4-6H,3,7-8H2,1-2H3. The molecule has 0 atom stereocenters. The van der Waals surface area contributed by atoms with E-state index in [0.29, 0.717) is 12.5 Å². The predicted molar refractivity (Wildman–Crippen MR) is 59.7 cm³/mol. The Hall–Kier alpha value is -0.930. The molecule has 0 saturated heterocycles. The van der Waals surface area contributed by atoms with E-state index in [1.165, 1.54) is 0 Å². The van der Waals surface area contributed by atoms with Gasteiger partial charge in [0.2, 0.25) is 0 Å². The Morgan fingerprint density at radius 1 is 1.33 bits per heavy atom. The first-order valence-electron chi connectivity index (χ1n) is 4.75. The Morgan fingerprint density at radius 3 is 2.73 bits per heavy atom. The number of benzene rings is 1. The van der Waals surface area contributed by atoms with E-state index in [1.54, 1.807) is 7.11 Å². The summed E-state index contributed by atoms with van der Waals surface area (Å²) in [6, 6.07) is 5.52. The van der Waals surface area contributed by atoms with Crippen molar-refractivity contribution in [1.29, 1.82) is 0 Å². The van der Waals surface area contributed by atoms with Crippen molar-refractivity contribution in [2.24, 2.45) is 0 Å². The lowest BCUT2D eigenvalue weighted by molar-refractivity contribution is 0.0219. The molecule has 1 aromatic carbocycles. The molecule has 0 spiro atoms. The lowest BCUT2D eigenvalue weighted by Crippen LogP contribution is -2.03. The highest BCUT2D eigenvalue weighted by Crippen LogP contribution is 2.25. The van der Waals surface area contributed by atoms with E-state index in [-0.39, 0.29) is 6.79 Å². The van der Waals surface area contributed by atoms with E-state index in [9.17, 15) is 0 Å². The molecule has 0 aliphatic rings. The van der Waals surface area contributed by atoms with Gasteiger partial charge in [-0.1, -0.05) is 0 Å². The van der Waals surface area contributed by atoms with Gasteiger partial charge in [0.1, 0.15) is 11.5 Å². The van der Waals surface area contributed by atoms with Gasteiger partial charge >= 0.3 is 0 Å². The molecule has 0 fully saturated rings. The molecule has 0 amide bonds.